The van der Waals surface area contributed by atoms with Crippen LogP contribution in [0.2, 0.25) is 0 Å². The first kappa shape index (κ1) is 9.70. The highest BCUT2D eigenvalue weighted by atomic mass is 16.3. The maximum Gasteiger partial charge on any atom is 0.128 e. The molecule has 0 aromatic heterocycles. The maximum absolute atomic E-state index is 9.25. The first-order valence-electron chi connectivity index (χ1n) is 5.97. The predicted molar refractivity (Wildman–Crippen MR) is 63.8 cm³/mol. The van der Waals surface area contributed by atoms with Crippen LogP contribution in [0.1, 0.15) is 31.2 Å². The van der Waals surface area contributed by atoms with Gasteiger partial charge in [-0.25, -0.2) is 0 Å². The molecule has 0 spiro atoms. The van der Waals surface area contributed by atoms with Gasteiger partial charge in [0.15, 0.2) is 0 Å². The average Bonchev–Trinajstić information content (AvgIpc) is 2.73. The molecule has 0 saturated heterocycles. The second-order valence-electron chi connectivity index (χ2n) is 4.63. The normalized spacial score (nSPS) is 28.1. The number of benzene rings is 1. The van der Waals surface area contributed by atoms with Gasteiger partial charge in [-0.2, -0.15) is 0 Å². The summed E-state index contributed by atoms with van der Waals surface area (Å²) in [6, 6.07) is 8.26. The lowest BCUT2D eigenvalue weighted by atomic mass is 9.92. The SMILES string of the molecule is Oc1ccc(C2=NC3CCCCC3N2)cc1. The number of aliphatic imine (C=N–C) groups is 1. The van der Waals surface area contributed by atoms with Gasteiger partial charge in [-0.15, -0.1) is 0 Å². The zero-order valence-electron chi connectivity index (χ0n) is 9.19. The fraction of sp³-hybridized carbons (Fsp3) is 0.462. The molecule has 1 aliphatic heterocycles. The minimum Gasteiger partial charge on any atom is -0.508 e. The Morgan fingerprint density at radius 3 is 2.62 bits per heavy atom. The van der Waals surface area contributed by atoms with Gasteiger partial charge in [0.25, 0.3) is 0 Å². The summed E-state index contributed by atoms with van der Waals surface area (Å²) in [4.78, 5) is 4.73. The number of hydrogen-bond donors (Lipinski definition) is 2. The fourth-order valence-electron chi connectivity index (χ4n) is 2.59. The zero-order valence-corrected chi connectivity index (χ0v) is 9.19. The Morgan fingerprint density at radius 1 is 1.12 bits per heavy atom. The summed E-state index contributed by atoms with van der Waals surface area (Å²) >= 11 is 0. The second-order valence-corrected chi connectivity index (χ2v) is 4.63. The third-order valence-electron chi connectivity index (χ3n) is 3.49. The molecule has 2 unspecified atom stereocenters. The van der Waals surface area contributed by atoms with E-state index in [-0.39, 0.29) is 0 Å². The van der Waals surface area contributed by atoms with E-state index < -0.39 is 0 Å². The Bertz CT molecular complexity index is 410. The number of nitrogens with zero attached hydrogens (tertiary/aromatic N) is 1. The molecule has 0 amide bonds. The van der Waals surface area contributed by atoms with Crippen LogP contribution in [-0.4, -0.2) is 23.0 Å². The molecule has 1 aromatic rings. The first-order valence-corrected chi connectivity index (χ1v) is 5.97. The molecular weight excluding hydrogens is 200 g/mol. The molecule has 2 aliphatic rings. The molecule has 1 aliphatic carbocycles. The summed E-state index contributed by atoms with van der Waals surface area (Å²) in [6.45, 7) is 0. The van der Waals surface area contributed by atoms with E-state index >= 15 is 0 Å². The molecule has 1 saturated carbocycles. The zero-order chi connectivity index (χ0) is 11.0. The summed E-state index contributed by atoms with van der Waals surface area (Å²) in [5.41, 5.74) is 1.08. The van der Waals surface area contributed by atoms with Crippen LogP contribution < -0.4 is 5.32 Å². The largest absolute Gasteiger partial charge is 0.508 e. The maximum atomic E-state index is 9.25. The quantitative estimate of drug-likeness (QED) is 0.754. The fourth-order valence-corrected chi connectivity index (χ4v) is 2.59. The van der Waals surface area contributed by atoms with Crippen LogP contribution in [0.5, 0.6) is 5.75 Å². The minimum atomic E-state index is 0.305. The monoisotopic (exact) mass is 216 g/mol. The van der Waals surface area contributed by atoms with Crippen molar-refractivity contribution in [1.82, 2.24) is 5.32 Å². The van der Waals surface area contributed by atoms with Gasteiger partial charge in [-0.05, 0) is 37.1 Å². The van der Waals surface area contributed by atoms with Crippen molar-refractivity contribution in [2.45, 2.75) is 37.8 Å². The molecule has 0 bridgehead atoms. The van der Waals surface area contributed by atoms with E-state index in [1.54, 1.807) is 12.1 Å². The van der Waals surface area contributed by atoms with Crippen molar-refractivity contribution >= 4 is 5.84 Å². The summed E-state index contributed by atoms with van der Waals surface area (Å²) in [5.74, 6) is 1.30. The number of aromatic hydroxyl groups is 1. The Kier molecular flexibility index (Phi) is 2.31. The number of hydrogen-bond acceptors (Lipinski definition) is 3. The van der Waals surface area contributed by atoms with Gasteiger partial charge < -0.3 is 10.4 Å². The molecular formula is C13H16N2O. The Hall–Kier alpha value is -1.51. The second kappa shape index (κ2) is 3.81. The Labute approximate surface area is 95.2 Å². The van der Waals surface area contributed by atoms with E-state index in [4.69, 9.17) is 4.99 Å². The number of nitrogens with one attached hydrogen (secondary N) is 1. The van der Waals surface area contributed by atoms with E-state index in [2.05, 4.69) is 5.32 Å². The molecule has 84 valence electrons. The number of phenolic OH excluding ortho intramolecular Hbond substituents is 1. The molecule has 2 N–H and O–H groups in total. The molecule has 1 fully saturated rings. The third kappa shape index (κ3) is 1.66. The topological polar surface area (TPSA) is 44.6 Å². The summed E-state index contributed by atoms with van der Waals surface area (Å²) in [5, 5.41) is 12.7. The Morgan fingerprint density at radius 2 is 1.88 bits per heavy atom. The van der Waals surface area contributed by atoms with Crippen molar-refractivity contribution in [3.8, 4) is 5.75 Å². The van der Waals surface area contributed by atoms with Gasteiger partial charge in [-0.1, -0.05) is 12.8 Å². The molecule has 2 atom stereocenters. The number of rotatable bonds is 1. The lowest BCUT2D eigenvalue weighted by Crippen LogP contribution is -2.36. The van der Waals surface area contributed by atoms with Crippen molar-refractivity contribution in [1.29, 1.82) is 0 Å². The van der Waals surface area contributed by atoms with Crippen molar-refractivity contribution in [3.63, 3.8) is 0 Å². The molecule has 1 heterocycles. The first-order chi connectivity index (χ1) is 7.83. The predicted octanol–water partition coefficient (Wildman–Crippen LogP) is 2.05. The van der Waals surface area contributed by atoms with E-state index in [0.29, 0.717) is 17.8 Å². The van der Waals surface area contributed by atoms with Gasteiger partial charge in [0.05, 0.1) is 6.04 Å². The highest BCUT2D eigenvalue weighted by Gasteiger charge is 2.30. The van der Waals surface area contributed by atoms with Crippen LogP contribution in [0.4, 0.5) is 0 Å². The van der Waals surface area contributed by atoms with Crippen LogP contribution in [0.25, 0.3) is 0 Å². The summed E-state index contributed by atoms with van der Waals surface area (Å²) in [7, 11) is 0. The van der Waals surface area contributed by atoms with Crippen LogP contribution in [0.3, 0.4) is 0 Å². The molecule has 16 heavy (non-hydrogen) atoms. The van der Waals surface area contributed by atoms with Crippen LogP contribution in [0.15, 0.2) is 29.3 Å². The summed E-state index contributed by atoms with van der Waals surface area (Å²) < 4.78 is 0. The van der Waals surface area contributed by atoms with Crippen LogP contribution >= 0.6 is 0 Å². The number of phenols is 1. The van der Waals surface area contributed by atoms with Gasteiger partial charge in [0.2, 0.25) is 0 Å². The van der Waals surface area contributed by atoms with E-state index in [0.717, 1.165) is 11.4 Å². The minimum absolute atomic E-state index is 0.305. The summed E-state index contributed by atoms with van der Waals surface area (Å²) in [6.07, 6.45) is 5.05. The standard InChI is InChI=1S/C13H16N2O/c16-10-7-5-9(6-8-10)13-14-11-3-1-2-4-12(11)15-13/h5-8,11-12,16H,1-4H2,(H,14,15). The lowest BCUT2D eigenvalue weighted by molar-refractivity contribution is 0.385. The van der Waals surface area contributed by atoms with Crippen LogP contribution in [0, 0.1) is 0 Å². The highest BCUT2D eigenvalue weighted by molar-refractivity contribution is 6.00. The molecule has 3 rings (SSSR count). The lowest BCUT2D eigenvalue weighted by Gasteiger charge is -2.23. The smallest absolute Gasteiger partial charge is 0.128 e. The van der Waals surface area contributed by atoms with Gasteiger partial charge in [0, 0.05) is 11.6 Å². The van der Waals surface area contributed by atoms with Gasteiger partial charge in [-0.3, -0.25) is 4.99 Å². The number of amidine groups is 1. The van der Waals surface area contributed by atoms with Crippen molar-refractivity contribution in [2.75, 3.05) is 0 Å². The van der Waals surface area contributed by atoms with Gasteiger partial charge >= 0.3 is 0 Å². The van der Waals surface area contributed by atoms with Gasteiger partial charge in [0.1, 0.15) is 11.6 Å². The van der Waals surface area contributed by atoms with E-state index in [1.165, 1.54) is 25.7 Å². The van der Waals surface area contributed by atoms with Crippen LogP contribution in [-0.2, 0) is 0 Å². The van der Waals surface area contributed by atoms with E-state index in [1.807, 2.05) is 12.1 Å². The molecule has 1 aromatic carbocycles. The van der Waals surface area contributed by atoms with Crippen molar-refractivity contribution in [3.05, 3.63) is 29.8 Å². The molecule has 3 heteroatoms. The average molecular weight is 216 g/mol. The third-order valence-corrected chi connectivity index (χ3v) is 3.49. The number of fused-ring (bicyclic) bond motifs is 1. The van der Waals surface area contributed by atoms with E-state index in [9.17, 15) is 5.11 Å². The Balaban J connectivity index is 1.83. The highest BCUT2D eigenvalue weighted by Crippen LogP contribution is 2.26. The molecule has 0 radical (unpaired) electrons. The van der Waals surface area contributed by atoms with Crippen molar-refractivity contribution in [2.24, 2.45) is 4.99 Å². The molecule has 3 nitrogen and oxygen atoms in total. The van der Waals surface area contributed by atoms with Crippen molar-refractivity contribution < 1.29 is 5.11 Å².